The second kappa shape index (κ2) is 4.99. The zero-order valence-corrected chi connectivity index (χ0v) is 9.68. The summed E-state index contributed by atoms with van der Waals surface area (Å²) in [5.41, 5.74) is 2.40. The summed E-state index contributed by atoms with van der Waals surface area (Å²) in [5, 5.41) is 7.66. The number of furan rings is 1. The van der Waals surface area contributed by atoms with Crippen LogP contribution < -0.4 is 5.32 Å². The Balaban J connectivity index is 2.14. The standard InChI is InChI=1S/C12H17N3O/c1-3-13-11(8-10-5-7-16-9-10)12-4-6-14-15(12)2/h4-7,9,11,13H,3,8H2,1-2H3. The number of rotatable bonds is 5. The van der Waals surface area contributed by atoms with Gasteiger partial charge in [-0.25, -0.2) is 0 Å². The van der Waals surface area contributed by atoms with Crippen molar-refractivity contribution < 1.29 is 4.42 Å². The van der Waals surface area contributed by atoms with E-state index in [0.29, 0.717) is 0 Å². The van der Waals surface area contributed by atoms with Crippen LogP contribution in [0.5, 0.6) is 0 Å². The molecule has 0 spiro atoms. The lowest BCUT2D eigenvalue weighted by molar-refractivity contribution is 0.502. The maximum absolute atomic E-state index is 5.09. The molecule has 2 heterocycles. The van der Waals surface area contributed by atoms with E-state index >= 15 is 0 Å². The van der Waals surface area contributed by atoms with E-state index in [1.165, 1.54) is 11.3 Å². The molecule has 2 rings (SSSR count). The van der Waals surface area contributed by atoms with E-state index < -0.39 is 0 Å². The van der Waals surface area contributed by atoms with Gasteiger partial charge in [-0.3, -0.25) is 4.68 Å². The third-order valence-electron chi connectivity index (χ3n) is 2.69. The Morgan fingerprint density at radius 3 is 2.94 bits per heavy atom. The molecule has 0 aliphatic rings. The van der Waals surface area contributed by atoms with E-state index in [0.717, 1.165) is 13.0 Å². The van der Waals surface area contributed by atoms with Crippen LogP contribution in [0.1, 0.15) is 24.2 Å². The molecule has 4 heteroatoms. The summed E-state index contributed by atoms with van der Waals surface area (Å²) in [5.74, 6) is 0. The topological polar surface area (TPSA) is 43.0 Å². The fourth-order valence-corrected chi connectivity index (χ4v) is 1.90. The fourth-order valence-electron chi connectivity index (χ4n) is 1.90. The van der Waals surface area contributed by atoms with Crippen LogP contribution in [0, 0.1) is 0 Å². The average Bonchev–Trinajstić information content (AvgIpc) is 2.88. The molecular weight excluding hydrogens is 202 g/mol. The molecule has 16 heavy (non-hydrogen) atoms. The number of nitrogens with one attached hydrogen (secondary N) is 1. The summed E-state index contributed by atoms with van der Waals surface area (Å²) < 4.78 is 7.00. The van der Waals surface area contributed by atoms with Gasteiger partial charge < -0.3 is 9.73 Å². The van der Waals surface area contributed by atoms with Crippen molar-refractivity contribution in [2.24, 2.45) is 7.05 Å². The van der Waals surface area contributed by atoms with E-state index in [4.69, 9.17) is 4.42 Å². The highest BCUT2D eigenvalue weighted by Crippen LogP contribution is 2.17. The van der Waals surface area contributed by atoms with Crippen molar-refractivity contribution in [3.8, 4) is 0 Å². The molecule has 0 bridgehead atoms. The molecule has 0 fully saturated rings. The van der Waals surface area contributed by atoms with Gasteiger partial charge in [0.05, 0.1) is 24.3 Å². The minimum absolute atomic E-state index is 0.287. The molecule has 0 saturated heterocycles. The minimum Gasteiger partial charge on any atom is -0.472 e. The number of aromatic nitrogens is 2. The van der Waals surface area contributed by atoms with Gasteiger partial charge in [0.25, 0.3) is 0 Å². The lowest BCUT2D eigenvalue weighted by Gasteiger charge is -2.17. The molecular formula is C12H17N3O. The first-order chi connectivity index (χ1) is 7.81. The van der Waals surface area contributed by atoms with Gasteiger partial charge in [-0.1, -0.05) is 6.92 Å². The summed E-state index contributed by atoms with van der Waals surface area (Å²) in [7, 11) is 1.97. The number of hydrogen-bond donors (Lipinski definition) is 1. The SMILES string of the molecule is CCNC(Cc1ccoc1)c1ccnn1C. The number of aryl methyl sites for hydroxylation is 1. The number of nitrogens with zero attached hydrogens (tertiary/aromatic N) is 2. The molecule has 0 saturated carbocycles. The predicted molar refractivity (Wildman–Crippen MR) is 62.0 cm³/mol. The third-order valence-corrected chi connectivity index (χ3v) is 2.69. The maximum Gasteiger partial charge on any atom is 0.0935 e. The predicted octanol–water partition coefficient (Wildman–Crippen LogP) is 1.91. The van der Waals surface area contributed by atoms with Crippen molar-refractivity contribution in [3.63, 3.8) is 0 Å². The van der Waals surface area contributed by atoms with Crippen LogP contribution in [0.4, 0.5) is 0 Å². The highest BCUT2D eigenvalue weighted by atomic mass is 16.3. The van der Waals surface area contributed by atoms with Crippen LogP contribution in [0.2, 0.25) is 0 Å². The average molecular weight is 219 g/mol. The highest BCUT2D eigenvalue weighted by Gasteiger charge is 2.14. The Labute approximate surface area is 95.3 Å². The Morgan fingerprint density at radius 2 is 2.38 bits per heavy atom. The van der Waals surface area contributed by atoms with Crippen molar-refractivity contribution in [2.45, 2.75) is 19.4 Å². The van der Waals surface area contributed by atoms with Crippen LogP contribution in [0.25, 0.3) is 0 Å². The van der Waals surface area contributed by atoms with Crippen LogP contribution in [0.15, 0.2) is 35.3 Å². The molecule has 86 valence electrons. The normalized spacial score (nSPS) is 12.9. The van der Waals surface area contributed by atoms with E-state index in [-0.39, 0.29) is 6.04 Å². The van der Waals surface area contributed by atoms with Crippen molar-refractivity contribution in [1.29, 1.82) is 0 Å². The zero-order valence-electron chi connectivity index (χ0n) is 9.68. The van der Waals surface area contributed by atoms with E-state index in [1.807, 2.05) is 30.1 Å². The summed E-state index contributed by atoms with van der Waals surface area (Å²) in [6.45, 7) is 3.05. The second-order valence-corrected chi connectivity index (χ2v) is 3.83. The monoisotopic (exact) mass is 219 g/mol. The van der Waals surface area contributed by atoms with Gasteiger partial charge in [0, 0.05) is 13.2 Å². The Morgan fingerprint density at radius 1 is 1.50 bits per heavy atom. The summed E-state index contributed by atoms with van der Waals surface area (Å²) in [6, 6.07) is 4.34. The first-order valence-electron chi connectivity index (χ1n) is 5.53. The van der Waals surface area contributed by atoms with Gasteiger partial charge in [-0.2, -0.15) is 5.10 Å². The Bertz CT molecular complexity index is 419. The van der Waals surface area contributed by atoms with Crippen molar-refractivity contribution in [3.05, 3.63) is 42.1 Å². The molecule has 1 atom stereocenters. The van der Waals surface area contributed by atoms with Crippen LogP contribution in [-0.4, -0.2) is 16.3 Å². The summed E-state index contributed by atoms with van der Waals surface area (Å²) >= 11 is 0. The first-order valence-corrected chi connectivity index (χ1v) is 5.53. The maximum atomic E-state index is 5.09. The molecule has 2 aromatic rings. The van der Waals surface area contributed by atoms with Gasteiger partial charge in [0.15, 0.2) is 0 Å². The highest BCUT2D eigenvalue weighted by molar-refractivity contribution is 5.14. The number of likely N-dealkylation sites (N-methyl/N-ethyl adjacent to an activating group) is 1. The van der Waals surface area contributed by atoms with Gasteiger partial charge in [0.2, 0.25) is 0 Å². The lowest BCUT2D eigenvalue weighted by atomic mass is 10.1. The van der Waals surface area contributed by atoms with Gasteiger partial charge in [-0.15, -0.1) is 0 Å². The van der Waals surface area contributed by atoms with E-state index in [9.17, 15) is 0 Å². The zero-order chi connectivity index (χ0) is 11.4. The van der Waals surface area contributed by atoms with Crippen molar-refractivity contribution >= 4 is 0 Å². The molecule has 0 aliphatic heterocycles. The van der Waals surface area contributed by atoms with Crippen LogP contribution in [-0.2, 0) is 13.5 Å². The molecule has 0 aliphatic carbocycles. The molecule has 0 aromatic carbocycles. The molecule has 0 amide bonds. The fraction of sp³-hybridized carbons (Fsp3) is 0.417. The van der Waals surface area contributed by atoms with Gasteiger partial charge in [-0.05, 0) is 30.7 Å². The van der Waals surface area contributed by atoms with E-state index in [1.54, 1.807) is 12.5 Å². The molecule has 2 aromatic heterocycles. The largest absolute Gasteiger partial charge is 0.472 e. The van der Waals surface area contributed by atoms with Gasteiger partial charge in [0.1, 0.15) is 0 Å². The van der Waals surface area contributed by atoms with Crippen LogP contribution in [0.3, 0.4) is 0 Å². The lowest BCUT2D eigenvalue weighted by Crippen LogP contribution is -2.25. The van der Waals surface area contributed by atoms with Crippen LogP contribution >= 0.6 is 0 Å². The summed E-state index contributed by atoms with van der Waals surface area (Å²) in [4.78, 5) is 0. The summed E-state index contributed by atoms with van der Waals surface area (Å²) in [6.07, 6.45) is 6.25. The molecule has 4 nitrogen and oxygen atoms in total. The van der Waals surface area contributed by atoms with Crippen molar-refractivity contribution in [1.82, 2.24) is 15.1 Å². The molecule has 1 unspecified atom stereocenters. The third kappa shape index (κ3) is 2.33. The molecule has 0 radical (unpaired) electrons. The Hall–Kier alpha value is -1.55. The smallest absolute Gasteiger partial charge is 0.0935 e. The second-order valence-electron chi connectivity index (χ2n) is 3.83. The first kappa shape index (κ1) is 11.0. The van der Waals surface area contributed by atoms with Gasteiger partial charge >= 0.3 is 0 Å². The van der Waals surface area contributed by atoms with E-state index in [2.05, 4.69) is 17.3 Å². The quantitative estimate of drug-likeness (QED) is 0.835. The number of hydrogen-bond acceptors (Lipinski definition) is 3. The molecule has 1 N–H and O–H groups in total. The Kier molecular flexibility index (Phi) is 3.41. The van der Waals surface area contributed by atoms with Crippen molar-refractivity contribution in [2.75, 3.05) is 6.54 Å². The minimum atomic E-state index is 0.287.